The van der Waals surface area contributed by atoms with Crippen LogP contribution in [0.15, 0.2) is 119 Å². The van der Waals surface area contributed by atoms with E-state index in [0.29, 0.717) is 0 Å². The Morgan fingerprint density at radius 2 is 0.898 bits per heavy atom. The highest BCUT2D eigenvalue weighted by Gasteiger charge is 2.26. The maximum Gasteiger partial charge on any atom is 0.378 e. The van der Waals surface area contributed by atoms with Gasteiger partial charge in [0.1, 0.15) is 21.3 Å². The van der Waals surface area contributed by atoms with Crippen molar-refractivity contribution in [3.8, 4) is 23.0 Å². The van der Waals surface area contributed by atoms with E-state index in [2.05, 4.69) is 9.95 Å². The first-order valence-electron chi connectivity index (χ1n) is 14.5. The van der Waals surface area contributed by atoms with E-state index in [9.17, 15) is 27.0 Å². The number of hydrogen-bond acceptors (Lipinski definition) is 10. The van der Waals surface area contributed by atoms with Crippen LogP contribution in [0.2, 0.25) is 0 Å². The van der Waals surface area contributed by atoms with E-state index in [0.717, 1.165) is 11.1 Å². The summed E-state index contributed by atoms with van der Waals surface area (Å²) in [5.74, 6) is -1.17. The van der Waals surface area contributed by atoms with Gasteiger partial charge in [0.2, 0.25) is 10.8 Å². The lowest BCUT2D eigenvalue weighted by Gasteiger charge is -2.26. The largest absolute Gasteiger partial charge is 0.867 e. The topological polar surface area (TPSA) is 189 Å². The first-order chi connectivity index (χ1) is 23.3. The first kappa shape index (κ1) is 32.7. The van der Waals surface area contributed by atoms with Crippen molar-refractivity contribution in [2.45, 2.75) is 29.1 Å². The molecular weight excluding hydrogens is 669 g/mol. The zero-order valence-corrected chi connectivity index (χ0v) is 27.4. The fourth-order valence-electron chi connectivity index (χ4n) is 5.54. The molecule has 0 spiro atoms. The van der Waals surface area contributed by atoms with Crippen molar-refractivity contribution >= 4 is 53.2 Å². The highest BCUT2D eigenvalue weighted by molar-refractivity contribution is 7.87. The molecule has 0 heterocycles. The summed E-state index contributed by atoms with van der Waals surface area (Å²) < 4.78 is 63.7. The van der Waals surface area contributed by atoms with Gasteiger partial charge in [0.15, 0.2) is 9.95 Å². The van der Waals surface area contributed by atoms with Crippen LogP contribution in [0.1, 0.15) is 25.0 Å². The van der Waals surface area contributed by atoms with Crippen LogP contribution in [0.5, 0.6) is 23.0 Å². The van der Waals surface area contributed by atoms with Crippen LogP contribution in [0.25, 0.3) is 31.5 Å². The molecule has 6 aromatic rings. The Bertz CT molecular complexity index is 2410. The van der Waals surface area contributed by atoms with E-state index < -0.39 is 37.2 Å². The highest BCUT2D eigenvalue weighted by atomic mass is 32.2. The van der Waals surface area contributed by atoms with Crippen LogP contribution in [-0.2, 0) is 25.7 Å². The second-order valence-electron chi connectivity index (χ2n) is 11.5. The van der Waals surface area contributed by atoms with Gasteiger partial charge in [-0.3, -0.25) is 0 Å². The lowest BCUT2D eigenvalue weighted by Crippen LogP contribution is -2.19. The number of rotatable bonds is 8. The predicted octanol–water partition coefficient (Wildman–Crippen LogP) is 6.97. The lowest BCUT2D eigenvalue weighted by molar-refractivity contribution is -0.265. The summed E-state index contributed by atoms with van der Waals surface area (Å²) >= 11 is 0. The van der Waals surface area contributed by atoms with Crippen molar-refractivity contribution in [1.82, 2.24) is 0 Å². The monoisotopic (exact) mass is 692 g/mol. The molecule has 0 N–H and O–H groups in total. The van der Waals surface area contributed by atoms with Gasteiger partial charge < -0.3 is 18.6 Å². The van der Waals surface area contributed by atoms with Gasteiger partial charge in [0.05, 0.1) is 0 Å². The summed E-state index contributed by atoms with van der Waals surface area (Å²) in [6.07, 6.45) is 0. The average molecular weight is 693 g/mol. The van der Waals surface area contributed by atoms with Crippen molar-refractivity contribution in [3.63, 3.8) is 0 Å². The molecule has 6 aromatic carbocycles. The van der Waals surface area contributed by atoms with Crippen LogP contribution in [0.4, 0.5) is 11.4 Å². The number of nitrogens with zero attached hydrogens (tertiary/aromatic N) is 4. The van der Waals surface area contributed by atoms with E-state index in [1.54, 1.807) is 24.3 Å². The molecule has 0 aromatic heterocycles. The van der Waals surface area contributed by atoms with Gasteiger partial charge in [-0.05, 0) is 81.9 Å². The van der Waals surface area contributed by atoms with Crippen LogP contribution >= 0.6 is 0 Å². The molecule has 0 bridgehead atoms. The number of fused-ring (bicyclic) bond motifs is 2. The molecule has 0 saturated heterocycles. The molecule has 0 unspecified atom stereocenters. The van der Waals surface area contributed by atoms with Gasteiger partial charge in [0, 0.05) is 28.3 Å². The third kappa shape index (κ3) is 5.91. The van der Waals surface area contributed by atoms with E-state index in [1.807, 2.05) is 13.8 Å². The smallest absolute Gasteiger partial charge is 0.378 e. The van der Waals surface area contributed by atoms with Gasteiger partial charge in [-0.15, -0.1) is 0 Å². The molecule has 14 heteroatoms. The Morgan fingerprint density at radius 1 is 0.531 bits per heavy atom. The molecule has 0 aliphatic heterocycles. The fourth-order valence-corrected chi connectivity index (χ4v) is 7.83. The van der Waals surface area contributed by atoms with Crippen molar-refractivity contribution in [2.24, 2.45) is 0 Å². The maximum atomic E-state index is 13.2. The van der Waals surface area contributed by atoms with Crippen LogP contribution < -0.4 is 18.6 Å². The number of diazo groups is 2. The van der Waals surface area contributed by atoms with Crippen molar-refractivity contribution in [1.29, 1.82) is 10.8 Å². The molecule has 0 atom stereocenters. The molecule has 0 saturated carbocycles. The zero-order valence-electron chi connectivity index (χ0n) is 25.8. The standard InChI is InChI=1S/C35H24N4O8S2/c1-35(2,21-9-13-23(14-10-21)46-48(42,43)31-7-3-5-27-25(31)17-19-29(38-36)33(27)40)22-11-15-24(16-12-22)47-49(44,45)32-8-4-6-28-26(32)18-20-30(39-37)34(28)41/h3-20H,1-2H3. The molecule has 0 aliphatic carbocycles. The minimum Gasteiger partial charge on any atom is -0.867 e. The molecule has 0 amide bonds. The quantitative estimate of drug-likeness (QED) is 0.119. The predicted molar refractivity (Wildman–Crippen MR) is 177 cm³/mol. The maximum absolute atomic E-state index is 13.2. The molecule has 0 radical (unpaired) electrons. The van der Waals surface area contributed by atoms with E-state index in [1.165, 1.54) is 84.9 Å². The third-order valence-corrected chi connectivity index (χ3v) is 10.8. The molecule has 6 rings (SSSR count). The lowest BCUT2D eigenvalue weighted by atomic mass is 9.78. The number of hydrogen-bond donors (Lipinski definition) is 0. The van der Waals surface area contributed by atoms with Crippen LogP contribution in [0, 0.1) is 10.8 Å². The third-order valence-electron chi connectivity index (χ3n) is 8.22. The molecule has 244 valence electrons. The summed E-state index contributed by atoms with van der Waals surface area (Å²) in [4.78, 5) is 5.43. The van der Waals surface area contributed by atoms with Crippen molar-refractivity contribution in [3.05, 3.63) is 130 Å². The normalized spacial score (nSPS) is 11.9. The van der Waals surface area contributed by atoms with E-state index >= 15 is 0 Å². The Hall–Kier alpha value is -6.22. The second kappa shape index (κ2) is 12.1. The van der Waals surface area contributed by atoms with Crippen molar-refractivity contribution in [2.75, 3.05) is 0 Å². The van der Waals surface area contributed by atoms with Gasteiger partial charge in [-0.25, -0.2) is 0 Å². The summed E-state index contributed by atoms with van der Waals surface area (Å²) in [5.41, 5.74) is 0.519. The molecular formula is C35H24N4O8S2. The zero-order chi connectivity index (χ0) is 35.1. The SMILES string of the molecule is CC(C)(c1ccc(OS(=O)(=O)c2cccc3c([O-])c([N+]#N)ccc23)cc1)c1ccc(OS(=O)(=O)c2cccc3c([O-])c([N+]#N)ccc23)cc1. The average Bonchev–Trinajstić information content (AvgIpc) is 3.08. The summed E-state index contributed by atoms with van der Waals surface area (Å²) in [6.45, 7) is 3.86. The Labute approximate surface area is 280 Å². The van der Waals surface area contributed by atoms with Crippen LogP contribution in [0.3, 0.4) is 0 Å². The molecule has 49 heavy (non-hydrogen) atoms. The molecule has 0 fully saturated rings. The summed E-state index contributed by atoms with van der Waals surface area (Å²) in [7, 11) is -8.72. The summed E-state index contributed by atoms with van der Waals surface area (Å²) in [6, 6.07) is 26.3. The highest BCUT2D eigenvalue weighted by Crippen LogP contribution is 2.39. The van der Waals surface area contributed by atoms with Crippen molar-refractivity contribution < 1.29 is 35.4 Å². The second-order valence-corrected chi connectivity index (χ2v) is 14.5. The Kier molecular flexibility index (Phi) is 8.08. The molecule has 0 aliphatic rings. The Morgan fingerprint density at radius 3 is 1.24 bits per heavy atom. The van der Waals surface area contributed by atoms with Gasteiger partial charge >= 0.3 is 31.6 Å². The Balaban J connectivity index is 1.21. The minimum atomic E-state index is -4.36. The fraction of sp³-hybridized carbons (Fsp3) is 0.0857. The van der Waals surface area contributed by atoms with Gasteiger partial charge in [-0.2, -0.15) is 16.8 Å². The number of benzene rings is 6. The first-order valence-corrected chi connectivity index (χ1v) is 17.3. The van der Waals surface area contributed by atoms with Crippen LogP contribution in [-0.4, -0.2) is 16.8 Å². The van der Waals surface area contributed by atoms with Gasteiger partial charge in [0.25, 0.3) is 0 Å². The van der Waals surface area contributed by atoms with E-state index in [-0.39, 0.29) is 54.2 Å². The minimum absolute atomic E-state index is 0.0364. The van der Waals surface area contributed by atoms with Gasteiger partial charge in [-0.1, -0.05) is 62.4 Å². The van der Waals surface area contributed by atoms with E-state index in [4.69, 9.17) is 19.2 Å². The molecule has 12 nitrogen and oxygen atoms in total. The summed E-state index contributed by atoms with van der Waals surface area (Å²) in [5, 5.41) is 43.5.